The second kappa shape index (κ2) is 8.01. The number of fused-ring (bicyclic) bond motifs is 5. The van der Waals surface area contributed by atoms with Gasteiger partial charge in [0.2, 0.25) is 0 Å². The molecule has 1 unspecified atom stereocenters. The Balaban J connectivity index is 0.000000810. The Morgan fingerprint density at radius 3 is 2.58 bits per heavy atom. The van der Waals surface area contributed by atoms with Gasteiger partial charge in [-0.05, 0) is 23.6 Å². The van der Waals surface area contributed by atoms with Crippen LogP contribution in [0.25, 0.3) is 27.1 Å². The molecule has 0 nitrogen and oxygen atoms in total. The summed E-state index contributed by atoms with van der Waals surface area (Å²) in [5.41, 5.74) is 2.88. The van der Waals surface area contributed by atoms with E-state index in [1.165, 1.54) is 49.5 Å². The van der Waals surface area contributed by atoms with Crippen molar-refractivity contribution in [2.45, 2.75) is 25.8 Å². The van der Waals surface area contributed by atoms with E-state index in [9.17, 15) is 0 Å². The summed E-state index contributed by atoms with van der Waals surface area (Å²) in [6, 6.07) is 14.7. The van der Waals surface area contributed by atoms with Gasteiger partial charge in [0.15, 0.2) is 7.38 Å². The van der Waals surface area contributed by atoms with Crippen LogP contribution in [0, 0.1) is 0 Å². The molecule has 1 aliphatic carbocycles. The number of hydrogen-bond acceptors (Lipinski definition) is 0. The van der Waals surface area contributed by atoms with Crippen LogP contribution in [0.1, 0.15) is 25.3 Å². The number of allylic oxidation sites excluding steroid dienone is 4. The minimum absolute atomic E-state index is 0. The third kappa shape index (κ3) is 3.02. The summed E-state index contributed by atoms with van der Waals surface area (Å²) in [6.07, 6.45) is 8.90. The van der Waals surface area contributed by atoms with Crippen molar-refractivity contribution in [2.75, 3.05) is 0 Å². The Morgan fingerprint density at radius 2 is 1.88 bits per heavy atom. The first-order chi connectivity index (χ1) is 11.2. The molecule has 1 aliphatic heterocycles. The Labute approximate surface area is 191 Å². The van der Waals surface area contributed by atoms with Gasteiger partial charge in [0.25, 0.3) is 0 Å². The molecule has 0 radical (unpaired) electrons. The van der Waals surface area contributed by atoms with Crippen LogP contribution in [0.4, 0.5) is 0 Å². The van der Waals surface area contributed by atoms with Gasteiger partial charge in [-0.2, -0.15) is 11.1 Å². The Kier molecular flexibility index (Phi) is 6.79. The van der Waals surface area contributed by atoms with E-state index >= 15 is 0 Å². The normalized spacial score (nSPS) is 19.4. The molecule has 3 aromatic carbocycles. The molecule has 0 saturated heterocycles. The average molecular weight is 583 g/mol. The van der Waals surface area contributed by atoms with Gasteiger partial charge in [-0.3, -0.25) is 0 Å². The van der Waals surface area contributed by atoms with E-state index in [1.807, 2.05) is 0 Å². The Hall–Kier alpha value is -0.253. The fraction of sp³-hybridized carbons (Fsp3) is 0.190. The van der Waals surface area contributed by atoms with Gasteiger partial charge in [0.1, 0.15) is 0 Å². The van der Waals surface area contributed by atoms with Gasteiger partial charge in [0.05, 0.1) is 0 Å². The second-order valence-corrected chi connectivity index (χ2v) is 11.8. The second-order valence-electron chi connectivity index (χ2n) is 6.74. The van der Waals surface area contributed by atoms with Crippen LogP contribution in [0.3, 0.4) is 0 Å². The summed E-state index contributed by atoms with van der Waals surface area (Å²) in [5.74, 6) is 0. The summed E-state index contributed by atoms with van der Waals surface area (Å²) >= 11 is 7.22. The van der Waals surface area contributed by atoms with Crippen LogP contribution < -0.4 is 35.2 Å². The minimum Gasteiger partial charge on any atom is -1.00 e. The van der Waals surface area contributed by atoms with E-state index in [4.69, 9.17) is 11.1 Å². The first-order valence-electron chi connectivity index (χ1n) is 8.45. The topological polar surface area (TPSA) is 0 Å². The molecule has 0 fully saturated rings. The molecule has 2 aliphatic rings. The van der Waals surface area contributed by atoms with Gasteiger partial charge < -0.3 is 24.8 Å². The number of benzene rings is 2. The van der Waals surface area contributed by atoms with Crippen molar-refractivity contribution < 1.29 is 50.7 Å². The number of hydrogen-bond donors (Lipinski definition) is 0. The van der Waals surface area contributed by atoms with Crippen molar-refractivity contribution in [3.8, 4) is 0 Å². The molecule has 3 aromatic rings. The van der Waals surface area contributed by atoms with E-state index < -0.39 is 7.38 Å². The molecular formula is C21H18Cl3HfSi-3. The Bertz CT molecular complexity index is 1030. The maximum atomic E-state index is 7.22. The summed E-state index contributed by atoms with van der Waals surface area (Å²) in [5, 5.41) is 8.59. The van der Waals surface area contributed by atoms with Crippen molar-refractivity contribution in [1.82, 2.24) is 0 Å². The van der Waals surface area contributed by atoms with Gasteiger partial charge in [-0.15, -0.1) is 33.7 Å². The SMILES string of the molecule is CCC[Si]1(Cl)c2c(C3=CC=CC3)cc3c([cH-]c4ccccc43)c21.[Cl-].[Cl-].[Hf]. The molecule has 0 N–H and O–H groups in total. The molecule has 134 valence electrons. The standard InChI is InChI=1S/C21H18ClSi.2ClH.Hf/c1-2-11-23(22)20-17(14-7-3-4-8-14)13-18-16-10-6-5-9-15(16)12-19(18)21(20)23;;;/h3-7,9-10,12-13H,2,8,11H2,1H3;2*1H;/q-1;;;/p-2. The molecular weight excluding hydrogens is 565 g/mol. The molecule has 5 rings (SSSR count). The van der Waals surface area contributed by atoms with Crippen molar-refractivity contribution in [3.63, 3.8) is 0 Å². The fourth-order valence-electron chi connectivity index (χ4n) is 4.31. The molecule has 0 bridgehead atoms. The van der Waals surface area contributed by atoms with Crippen molar-refractivity contribution in [1.29, 1.82) is 0 Å². The molecule has 5 heteroatoms. The van der Waals surface area contributed by atoms with Gasteiger partial charge in [-0.25, -0.2) is 0 Å². The fourth-order valence-corrected chi connectivity index (χ4v) is 9.95. The Morgan fingerprint density at radius 1 is 1.12 bits per heavy atom. The monoisotopic (exact) mass is 583 g/mol. The van der Waals surface area contributed by atoms with E-state index in [0.29, 0.717) is 0 Å². The van der Waals surface area contributed by atoms with Crippen molar-refractivity contribution in [3.05, 3.63) is 60.2 Å². The molecule has 26 heavy (non-hydrogen) atoms. The molecule has 1 atom stereocenters. The number of rotatable bonds is 3. The zero-order valence-electron chi connectivity index (χ0n) is 14.5. The largest absolute Gasteiger partial charge is 1.00 e. The van der Waals surface area contributed by atoms with Crippen molar-refractivity contribution in [2.24, 2.45) is 0 Å². The molecule has 0 spiro atoms. The van der Waals surface area contributed by atoms with Crippen LogP contribution in [0.2, 0.25) is 6.04 Å². The molecule has 1 heterocycles. The summed E-state index contributed by atoms with van der Waals surface area (Å²) in [4.78, 5) is 0. The number of halogens is 3. The van der Waals surface area contributed by atoms with Crippen LogP contribution in [0.5, 0.6) is 0 Å². The van der Waals surface area contributed by atoms with Crippen molar-refractivity contribution >= 4 is 56.0 Å². The smallest absolute Gasteiger partial charge is 0.174 e. The van der Waals surface area contributed by atoms with Crippen LogP contribution in [-0.2, 0) is 25.8 Å². The van der Waals surface area contributed by atoms with Crippen LogP contribution >= 0.6 is 11.1 Å². The first-order valence-corrected chi connectivity index (χ1v) is 11.7. The van der Waals surface area contributed by atoms with Crippen LogP contribution in [0.15, 0.2) is 54.6 Å². The maximum absolute atomic E-state index is 7.22. The quantitative estimate of drug-likeness (QED) is 0.213. The molecule has 0 saturated carbocycles. The average Bonchev–Trinajstić information content (AvgIpc) is 2.97. The van der Waals surface area contributed by atoms with E-state index in [-0.39, 0.29) is 50.7 Å². The van der Waals surface area contributed by atoms with E-state index in [1.54, 1.807) is 0 Å². The van der Waals surface area contributed by atoms with Crippen LogP contribution in [-0.4, -0.2) is 7.38 Å². The zero-order valence-corrected chi connectivity index (χ0v) is 21.3. The summed E-state index contributed by atoms with van der Waals surface area (Å²) in [6.45, 7) is 2.25. The summed E-state index contributed by atoms with van der Waals surface area (Å²) < 4.78 is 0. The van der Waals surface area contributed by atoms with E-state index in [0.717, 1.165) is 12.5 Å². The molecule has 0 aromatic heterocycles. The first kappa shape index (κ1) is 22.0. The minimum atomic E-state index is -1.88. The molecule has 0 amide bonds. The predicted octanol–water partition coefficient (Wildman–Crippen LogP) is -0.917. The van der Waals surface area contributed by atoms with Gasteiger partial charge in [0, 0.05) is 25.8 Å². The predicted molar refractivity (Wildman–Crippen MR) is 105 cm³/mol. The van der Waals surface area contributed by atoms with Gasteiger partial charge in [-0.1, -0.05) is 66.2 Å². The zero-order chi connectivity index (χ0) is 15.6. The third-order valence-electron chi connectivity index (χ3n) is 5.36. The summed E-state index contributed by atoms with van der Waals surface area (Å²) in [7, 11) is -1.88. The third-order valence-corrected chi connectivity index (χ3v) is 10.6. The maximum Gasteiger partial charge on any atom is 0.174 e. The van der Waals surface area contributed by atoms with E-state index in [2.05, 4.69) is 61.5 Å². The van der Waals surface area contributed by atoms with Gasteiger partial charge >= 0.3 is 0 Å².